The van der Waals surface area contributed by atoms with Gasteiger partial charge in [-0.15, -0.1) is 0 Å². The van der Waals surface area contributed by atoms with Crippen molar-refractivity contribution in [2.45, 2.75) is 77.0 Å². The monoisotopic (exact) mass is 492 g/mol. The molecule has 0 unspecified atom stereocenters. The first-order valence-electron chi connectivity index (χ1n) is 12.9. The number of carbonyl (C=O) groups is 3. The second-order valence-corrected chi connectivity index (χ2v) is 10.1. The van der Waals surface area contributed by atoms with Crippen molar-refractivity contribution in [2.24, 2.45) is 5.92 Å². The van der Waals surface area contributed by atoms with Crippen LogP contribution in [0.25, 0.3) is 5.76 Å². The molecule has 2 aliphatic rings. The molecule has 184 valence electrons. The van der Waals surface area contributed by atoms with Crippen LogP contribution in [0, 0.1) is 5.92 Å². The van der Waals surface area contributed by atoms with E-state index in [1.54, 1.807) is 18.2 Å². The Balaban J connectivity index is 1.55. The Bertz CT molecular complexity index is 1110. The first kappa shape index (κ1) is 25.4. The Morgan fingerprint density at radius 3 is 2.14 bits per heavy atom. The average Bonchev–Trinajstić information content (AvgIpc) is 2.88. The first-order chi connectivity index (χ1) is 17.0. The minimum absolute atomic E-state index is 0.101. The van der Waals surface area contributed by atoms with Crippen LogP contribution in [0.2, 0.25) is 5.02 Å². The van der Waals surface area contributed by atoms with Crippen LogP contribution < -0.4 is 0 Å². The number of carbonyl (C=O) groups excluding carboxylic acids is 3. The van der Waals surface area contributed by atoms with Gasteiger partial charge < -0.3 is 4.74 Å². The zero-order valence-electron chi connectivity index (χ0n) is 20.4. The van der Waals surface area contributed by atoms with Crippen molar-refractivity contribution >= 4 is 34.9 Å². The number of esters is 1. The quantitative estimate of drug-likeness (QED) is 0.204. The van der Waals surface area contributed by atoms with Gasteiger partial charge in [-0.05, 0) is 61.6 Å². The summed E-state index contributed by atoms with van der Waals surface area (Å²) in [4.78, 5) is 39.0. The lowest BCUT2D eigenvalue weighted by Gasteiger charge is -2.32. The molecule has 35 heavy (non-hydrogen) atoms. The number of ether oxygens (including phenoxy) is 1. The smallest absolute Gasteiger partial charge is 0.311 e. The molecule has 0 bridgehead atoms. The minimum atomic E-state index is -0.524. The molecule has 2 aliphatic carbocycles. The van der Waals surface area contributed by atoms with E-state index < -0.39 is 11.6 Å². The Morgan fingerprint density at radius 2 is 1.46 bits per heavy atom. The molecule has 2 aromatic rings. The van der Waals surface area contributed by atoms with Crippen LogP contribution in [0.15, 0.2) is 54.1 Å². The van der Waals surface area contributed by atoms with Crippen molar-refractivity contribution < 1.29 is 19.1 Å². The van der Waals surface area contributed by atoms with Crippen LogP contribution in [-0.4, -0.2) is 17.5 Å². The predicted octanol–water partition coefficient (Wildman–Crippen LogP) is 7.69. The summed E-state index contributed by atoms with van der Waals surface area (Å²) >= 11 is 6.04. The van der Waals surface area contributed by atoms with Crippen LogP contribution in [0.5, 0.6) is 0 Å². The van der Waals surface area contributed by atoms with Gasteiger partial charge in [-0.2, -0.15) is 0 Å². The van der Waals surface area contributed by atoms with Gasteiger partial charge in [0.2, 0.25) is 11.6 Å². The molecule has 0 aliphatic heterocycles. The Labute approximate surface area is 212 Å². The van der Waals surface area contributed by atoms with Crippen LogP contribution in [0.4, 0.5) is 0 Å². The fourth-order valence-electron chi connectivity index (χ4n) is 5.34. The van der Waals surface area contributed by atoms with Gasteiger partial charge in [-0.1, -0.05) is 80.6 Å². The number of Topliss-reactive ketones (excluding diaryl/α,β-unsaturated/α-hetero) is 2. The third-order valence-electron chi connectivity index (χ3n) is 7.29. The fraction of sp³-hybridized carbons (Fsp3) is 0.433. The second-order valence-electron chi connectivity index (χ2n) is 9.69. The number of rotatable bonds is 9. The van der Waals surface area contributed by atoms with Crippen molar-refractivity contribution in [3.63, 3.8) is 0 Å². The molecular weight excluding hydrogens is 460 g/mol. The van der Waals surface area contributed by atoms with Gasteiger partial charge in [-0.3, -0.25) is 14.4 Å². The van der Waals surface area contributed by atoms with Crippen LogP contribution in [0.3, 0.4) is 0 Å². The molecule has 0 amide bonds. The van der Waals surface area contributed by atoms with Crippen LogP contribution >= 0.6 is 11.6 Å². The lowest BCUT2D eigenvalue weighted by atomic mass is 9.72. The highest BCUT2D eigenvalue weighted by atomic mass is 35.5. The molecule has 0 atom stereocenters. The summed E-state index contributed by atoms with van der Waals surface area (Å²) in [6.07, 6.45) is 8.80. The van der Waals surface area contributed by atoms with Crippen LogP contribution in [-0.2, 0) is 14.3 Å². The highest BCUT2D eigenvalue weighted by Crippen LogP contribution is 2.43. The van der Waals surface area contributed by atoms with E-state index in [1.807, 2.05) is 18.2 Å². The topological polar surface area (TPSA) is 60.4 Å². The summed E-state index contributed by atoms with van der Waals surface area (Å²) in [5.41, 5.74) is 2.52. The molecule has 4 rings (SSSR count). The highest BCUT2D eigenvalue weighted by Gasteiger charge is 2.39. The number of unbranched alkanes of at least 4 members (excludes halogenated alkanes) is 4. The normalized spacial score (nSPS) is 20.1. The number of ketones is 2. The van der Waals surface area contributed by atoms with Gasteiger partial charge in [0, 0.05) is 22.6 Å². The molecule has 4 nitrogen and oxygen atoms in total. The number of hydrogen-bond acceptors (Lipinski definition) is 4. The summed E-state index contributed by atoms with van der Waals surface area (Å²) in [5.74, 6) is -0.769. The number of fused-ring (bicyclic) bond motifs is 1. The van der Waals surface area contributed by atoms with Gasteiger partial charge in [0.25, 0.3) is 0 Å². The van der Waals surface area contributed by atoms with Crippen molar-refractivity contribution in [2.75, 3.05) is 0 Å². The third kappa shape index (κ3) is 5.92. The van der Waals surface area contributed by atoms with Gasteiger partial charge >= 0.3 is 5.97 Å². The SMILES string of the molecule is CCCCCCCC(=O)OC1=C(C2CCC(c3ccc(Cl)cc3)CC2)C(=O)C(=O)c2ccccc21. The van der Waals surface area contributed by atoms with Gasteiger partial charge in [-0.25, -0.2) is 0 Å². The maximum Gasteiger partial charge on any atom is 0.311 e. The number of halogens is 1. The maximum absolute atomic E-state index is 13.3. The summed E-state index contributed by atoms with van der Waals surface area (Å²) in [6, 6.07) is 14.9. The van der Waals surface area contributed by atoms with E-state index in [0.717, 1.165) is 62.8 Å². The molecule has 0 aromatic heterocycles. The van der Waals surface area contributed by atoms with Crippen molar-refractivity contribution in [3.8, 4) is 0 Å². The Kier molecular flexibility index (Phi) is 8.56. The second kappa shape index (κ2) is 11.8. The fourth-order valence-corrected chi connectivity index (χ4v) is 5.47. The molecule has 2 aromatic carbocycles. The standard InChI is InChI=1S/C30H33ClO4/c1-2-3-4-5-6-11-26(32)35-30-25-10-8-7-9-24(25)28(33)29(34)27(30)22-14-12-20(13-15-22)21-16-18-23(31)19-17-21/h7-10,16-20,22H,2-6,11-15H2,1H3. The zero-order chi connectivity index (χ0) is 24.8. The molecule has 1 saturated carbocycles. The van der Waals surface area contributed by atoms with Gasteiger partial charge in [0.05, 0.1) is 5.57 Å². The van der Waals surface area contributed by atoms with E-state index in [9.17, 15) is 14.4 Å². The lowest BCUT2D eigenvalue weighted by molar-refractivity contribution is -0.136. The summed E-state index contributed by atoms with van der Waals surface area (Å²) < 4.78 is 5.89. The first-order valence-corrected chi connectivity index (χ1v) is 13.3. The molecular formula is C30H33ClO4. The van der Waals surface area contributed by atoms with Gasteiger partial charge in [0.15, 0.2) is 0 Å². The van der Waals surface area contributed by atoms with Crippen molar-refractivity contribution in [1.82, 2.24) is 0 Å². The van der Waals surface area contributed by atoms with Gasteiger partial charge in [0.1, 0.15) is 5.76 Å². The average molecular weight is 493 g/mol. The van der Waals surface area contributed by atoms with E-state index in [1.165, 1.54) is 5.56 Å². The maximum atomic E-state index is 13.3. The van der Waals surface area contributed by atoms with Crippen molar-refractivity contribution in [1.29, 1.82) is 0 Å². The molecule has 0 heterocycles. The summed E-state index contributed by atoms with van der Waals surface area (Å²) in [5, 5.41) is 0.717. The Morgan fingerprint density at radius 1 is 0.829 bits per heavy atom. The number of benzene rings is 2. The molecule has 0 N–H and O–H groups in total. The summed E-state index contributed by atoms with van der Waals surface area (Å²) in [7, 11) is 0. The number of hydrogen-bond donors (Lipinski definition) is 0. The Hall–Kier alpha value is -2.72. The predicted molar refractivity (Wildman–Crippen MR) is 138 cm³/mol. The van der Waals surface area contributed by atoms with E-state index in [2.05, 4.69) is 19.1 Å². The number of allylic oxidation sites excluding steroid dienone is 1. The molecule has 0 radical (unpaired) electrons. The highest BCUT2D eigenvalue weighted by molar-refractivity contribution is 6.52. The molecule has 0 spiro atoms. The van der Waals surface area contributed by atoms with E-state index >= 15 is 0 Å². The van der Waals surface area contributed by atoms with Crippen LogP contribution in [0.1, 0.15) is 98.5 Å². The lowest BCUT2D eigenvalue weighted by Crippen LogP contribution is -2.31. The molecule has 5 heteroatoms. The third-order valence-corrected chi connectivity index (χ3v) is 7.54. The van der Waals surface area contributed by atoms with E-state index in [-0.39, 0.29) is 11.9 Å². The molecule has 1 fully saturated rings. The largest absolute Gasteiger partial charge is 0.425 e. The molecule has 0 saturated heterocycles. The summed E-state index contributed by atoms with van der Waals surface area (Å²) in [6.45, 7) is 2.16. The van der Waals surface area contributed by atoms with E-state index in [4.69, 9.17) is 16.3 Å². The van der Waals surface area contributed by atoms with E-state index in [0.29, 0.717) is 34.8 Å². The zero-order valence-corrected chi connectivity index (χ0v) is 21.1. The minimum Gasteiger partial charge on any atom is -0.425 e. The van der Waals surface area contributed by atoms with Crippen molar-refractivity contribution in [3.05, 3.63) is 75.8 Å².